The van der Waals surface area contributed by atoms with E-state index in [9.17, 15) is 8.78 Å². The Morgan fingerprint density at radius 2 is 1.93 bits per heavy atom. The molecule has 1 saturated carbocycles. The summed E-state index contributed by atoms with van der Waals surface area (Å²) in [6.45, 7) is 15.8. The Hall–Kier alpha value is -2.99. The van der Waals surface area contributed by atoms with Gasteiger partial charge in [0.05, 0.1) is 0 Å². The first-order valence-corrected chi connectivity index (χ1v) is 14.7. The number of aryl methyl sites for hydroxylation is 1. The summed E-state index contributed by atoms with van der Waals surface area (Å²) >= 11 is 0. The van der Waals surface area contributed by atoms with E-state index in [1.165, 1.54) is 18.4 Å². The second-order valence-electron chi connectivity index (χ2n) is 12.8. The molecule has 0 amide bonds. The Balaban J connectivity index is 1.18. The van der Waals surface area contributed by atoms with Gasteiger partial charge < -0.3 is 15.1 Å². The minimum Gasteiger partial charge on any atom is -0.358 e. The molecule has 1 aliphatic carbocycles. The summed E-state index contributed by atoms with van der Waals surface area (Å²) in [6.07, 6.45) is 11.8. The Morgan fingerprint density at radius 1 is 1.18 bits per heavy atom. The Labute approximate surface area is 238 Å². The van der Waals surface area contributed by atoms with Crippen LogP contribution in [-0.4, -0.2) is 49.0 Å². The minimum absolute atomic E-state index is 0.155. The molecule has 2 aromatic rings. The lowest BCUT2D eigenvalue weighted by Crippen LogP contribution is -2.47. The van der Waals surface area contributed by atoms with Gasteiger partial charge in [-0.2, -0.15) is 0 Å². The summed E-state index contributed by atoms with van der Waals surface area (Å²) in [5, 5.41) is 3.45. The van der Waals surface area contributed by atoms with E-state index < -0.39 is 6.43 Å². The van der Waals surface area contributed by atoms with E-state index in [1.807, 2.05) is 36.5 Å². The van der Waals surface area contributed by atoms with Crippen molar-refractivity contribution in [3.63, 3.8) is 0 Å². The maximum Gasteiger partial charge on any atom is 0.242 e. The largest absolute Gasteiger partial charge is 0.358 e. The van der Waals surface area contributed by atoms with Gasteiger partial charge in [0.15, 0.2) is 0 Å². The number of benzene rings is 1. The number of anilines is 2. The molecule has 1 N–H and O–H groups in total. The lowest BCUT2D eigenvalue weighted by atomic mass is 9.68. The normalized spacial score (nSPS) is 20.1. The Morgan fingerprint density at radius 3 is 2.60 bits per heavy atom. The maximum atomic E-state index is 13.0. The zero-order chi connectivity index (χ0) is 28.5. The molecule has 0 atom stereocenters. The van der Waals surface area contributed by atoms with E-state index >= 15 is 0 Å². The molecule has 3 heterocycles. The number of likely N-dealkylation sites (tertiary alicyclic amines) is 1. The number of hydrogen-bond donors (Lipinski definition) is 1. The van der Waals surface area contributed by atoms with E-state index in [0.717, 1.165) is 73.6 Å². The number of pyridine rings is 1. The van der Waals surface area contributed by atoms with Crippen molar-refractivity contribution in [1.82, 2.24) is 9.88 Å². The molecular formula is C34H44F2N4. The highest BCUT2D eigenvalue weighted by Gasteiger charge is 2.44. The van der Waals surface area contributed by atoms with Crippen LogP contribution in [0.2, 0.25) is 0 Å². The van der Waals surface area contributed by atoms with E-state index in [2.05, 4.69) is 61.3 Å². The molecule has 2 fully saturated rings. The lowest BCUT2D eigenvalue weighted by molar-refractivity contribution is 0.149. The number of allylic oxidation sites excluding steroid dienone is 3. The first kappa shape index (κ1) is 28.5. The van der Waals surface area contributed by atoms with Gasteiger partial charge in [-0.1, -0.05) is 57.4 Å². The smallest absolute Gasteiger partial charge is 0.242 e. The van der Waals surface area contributed by atoms with E-state index in [4.69, 9.17) is 4.98 Å². The number of nitrogens with zero attached hydrogens (tertiary/aromatic N) is 3. The Kier molecular flexibility index (Phi) is 8.19. The third-order valence-electron chi connectivity index (χ3n) is 9.32. The van der Waals surface area contributed by atoms with Crippen LogP contribution >= 0.6 is 0 Å². The van der Waals surface area contributed by atoms with Crippen LogP contribution in [-0.2, 0) is 18.3 Å². The van der Waals surface area contributed by atoms with Crippen LogP contribution in [0.15, 0.2) is 61.5 Å². The molecule has 3 aliphatic rings. The van der Waals surface area contributed by atoms with Gasteiger partial charge in [-0.3, -0.25) is 0 Å². The van der Waals surface area contributed by atoms with Gasteiger partial charge in [-0.15, -0.1) is 0 Å². The molecule has 214 valence electrons. The van der Waals surface area contributed by atoms with E-state index in [0.29, 0.717) is 17.0 Å². The van der Waals surface area contributed by atoms with Crippen LogP contribution in [0.25, 0.3) is 6.08 Å². The fourth-order valence-corrected chi connectivity index (χ4v) is 6.99. The number of fused-ring (bicyclic) bond motifs is 2. The number of halogens is 2. The zero-order valence-corrected chi connectivity index (χ0v) is 24.4. The topological polar surface area (TPSA) is 31.4 Å². The van der Waals surface area contributed by atoms with Crippen molar-refractivity contribution >= 4 is 17.6 Å². The molecule has 0 bridgehead atoms. The van der Waals surface area contributed by atoms with Crippen molar-refractivity contribution in [3.05, 3.63) is 83.7 Å². The zero-order valence-electron chi connectivity index (χ0n) is 24.4. The second kappa shape index (κ2) is 11.5. The maximum absolute atomic E-state index is 13.0. The predicted molar refractivity (Wildman–Crippen MR) is 163 cm³/mol. The molecule has 2 aliphatic heterocycles. The van der Waals surface area contributed by atoms with Gasteiger partial charge in [0.1, 0.15) is 5.82 Å². The molecule has 1 spiro atoms. The number of hydrogen-bond acceptors (Lipinski definition) is 4. The highest BCUT2D eigenvalue weighted by Crippen LogP contribution is 2.50. The third-order valence-corrected chi connectivity index (χ3v) is 9.32. The SMILES string of the molecule is C=C/C=C\c1cc(CCCN2CCC3(CC2)C(=C)Nc2ccc(CC(F)F)cc23)cnc1N(C)C1CC(C)(C)C1. The number of alkyl halides is 2. The van der Waals surface area contributed by atoms with Crippen molar-refractivity contribution in [2.75, 3.05) is 36.9 Å². The molecule has 1 aromatic heterocycles. The minimum atomic E-state index is -2.33. The van der Waals surface area contributed by atoms with E-state index in [1.54, 1.807) is 0 Å². The first-order valence-electron chi connectivity index (χ1n) is 14.7. The van der Waals surface area contributed by atoms with Gasteiger partial charge in [0.2, 0.25) is 6.43 Å². The predicted octanol–water partition coefficient (Wildman–Crippen LogP) is 7.62. The van der Waals surface area contributed by atoms with Gasteiger partial charge in [0, 0.05) is 48.1 Å². The van der Waals surface area contributed by atoms with Crippen LogP contribution in [0.5, 0.6) is 0 Å². The molecule has 0 unspecified atom stereocenters. The van der Waals surface area contributed by atoms with Crippen LogP contribution in [0.3, 0.4) is 0 Å². The standard InChI is InChI=1S/C34H44F2N4/c1-6-7-10-27-18-26(23-37-32(27)39(5)28-21-33(3,4)22-28)9-8-15-40-16-13-34(14-17-40)24(2)38-30-12-11-25(19-29(30)34)20-31(35)36/h6-7,10-12,18-19,23,28,31,38H,1-2,8-9,13-17,20-22H2,3-5H3/b10-7-. The summed E-state index contributed by atoms with van der Waals surface area (Å²) in [6, 6.07) is 8.57. The number of rotatable bonds is 10. The summed E-state index contributed by atoms with van der Waals surface area (Å²) in [5.74, 6) is 1.05. The quantitative estimate of drug-likeness (QED) is 0.311. The molecule has 1 saturated heterocycles. The van der Waals surface area contributed by atoms with Gasteiger partial charge in [-0.05, 0) is 92.4 Å². The van der Waals surface area contributed by atoms with E-state index in [-0.39, 0.29) is 11.8 Å². The molecular weight excluding hydrogens is 502 g/mol. The number of nitrogens with one attached hydrogen (secondary N) is 1. The van der Waals surface area contributed by atoms with Gasteiger partial charge in [-0.25, -0.2) is 13.8 Å². The van der Waals surface area contributed by atoms with Crippen molar-refractivity contribution in [2.24, 2.45) is 5.41 Å². The average molecular weight is 547 g/mol. The molecule has 40 heavy (non-hydrogen) atoms. The lowest BCUT2D eigenvalue weighted by Gasteiger charge is -2.47. The summed E-state index contributed by atoms with van der Waals surface area (Å²) in [7, 11) is 2.17. The van der Waals surface area contributed by atoms with Crippen molar-refractivity contribution in [3.8, 4) is 0 Å². The molecule has 0 radical (unpaired) electrons. The average Bonchev–Trinajstić information content (AvgIpc) is 3.16. The van der Waals surface area contributed by atoms with Crippen LogP contribution in [0.1, 0.15) is 68.2 Å². The molecule has 1 aromatic carbocycles. The summed E-state index contributed by atoms with van der Waals surface area (Å²) in [5.41, 5.74) is 6.58. The summed E-state index contributed by atoms with van der Waals surface area (Å²) < 4.78 is 26.1. The van der Waals surface area contributed by atoms with Crippen LogP contribution in [0, 0.1) is 5.41 Å². The van der Waals surface area contributed by atoms with Crippen LogP contribution < -0.4 is 10.2 Å². The van der Waals surface area contributed by atoms with Crippen LogP contribution in [0.4, 0.5) is 20.3 Å². The molecule has 6 heteroatoms. The monoisotopic (exact) mass is 546 g/mol. The number of piperidine rings is 1. The third kappa shape index (κ3) is 5.88. The highest BCUT2D eigenvalue weighted by molar-refractivity contribution is 5.69. The molecule has 4 nitrogen and oxygen atoms in total. The van der Waals surface area contributed by atoms with Crippen molar-refractivity contribution < 1.29 is 8.78 Å². The summed E-state index contributed by atoms with van der Waals surface area (Å²) in [4.78, 5) is 9.80. The highest BCUT2D eigenvalue weighted by atomic mass is 19.3. The Bertz CT molecular complexity index is 1260. The van der Waals surface area contributed by atoms with Gasteiger partial charge in [0.25, 0.3) is 0 Å². The van der Waals surface area contributed by atoms with Crippen molar-refractivity contribution in [2.45, 2.75) is 76.7 Å². The number of aromatic nitrogens is 1. The first-order chi connectivity index (χ1) is 19.1. The molecule has 5 rings (SSSR count). The van der Waals surface area contributed by atoms with Gasteiger partial charge >= 0.3 is 0 Å². The fraction of sp³-hybridized carbons (Fsp3) is 0.500. The van der Waals surface area contributed by atoms with Crippen molar-refractivity contribution in [1.29, 1.82) is 0 Å². The second-order valence-corrected chi connectivity index (χ2v) is 12.8. The fourth-order valence-electron chi connectivity index (χ4n) is 6.99.